The molecule has 18 heavy (non-hydrogen) atoms. The number of carboxylic acid groups (broad SMARTS) is 1. The molecule has 1 aromatic carbocycles. The highest BCUT2D eigenvalue weighted by molar-refractivity contribution is 9.10. The molecule has 0 saturated carbocycles. The smallest absolute Gasteiger partial charge is 0.326 e. The summed E-state index contributed by atoms with van der Waals surface area (Å²) in [7, 11) is 0. The Morgan fingerprint density at radius 3 is 2.67 bits per heavy atom. The normalized spacial score (nSPS) is 11.6. The van der Waals surface area contributed by atoms with Gasteiger partial charge < -0.3 is 16.2 Å². The van der Waals surface area contributed by atoms with Crippen LogP contribution in [-0.4, -0.2) is 23.0 Å². The van der Waals surface area contributed by atoms with Crippen molar-refractivity contribution in [3.63, 3.8) is 0 Å². The molecule has 1 amide bonds. The van der Waals surface area contributed by atoms with E-state index >= 15 is 0 Å². The predicted octanol–water partition coefficient (Wildman–Crippen LogP) is 1.79. The van der Waals surface area contributed by atoms with Gasteiger partial charge in [0.15, 0.2) is 0 Å². The molecule has 0 aromatic heterocycles. The second kappa shape index (κ2) is 6.20. The molecule has 6 heteroatoms. The molecule has 1 atom stereocenters. The zero-order valence-corrected chi connectivity index (χ0v) is 11.1. The summed E-state index contributed by atoms with van der Waals surface area (Å²) < 4.78 is 0.656. The van der Waals surface area contributed by atoms with Crippen LogP contribution in [0.15, 0.2) is 35.3 Å². The molecule has 96 valence electrons. The van der Waals surface area contributed by atoms with E-state index in [0.29, 0.717) is 15.7 Å². The van der Waals surface area contributed by atoms with Crippen molar-refractivity contribution in [2.45, 2.75) is 12.5 Å². The number of amides is 1. The lowest BCUT2D eigenvalue weighted by atomic mass is 10.1. The molecule has 0 aliphatic carbocycles. The van der Waals surface area contributed by atoms with Crippen molar-refractivity contribution in [2.24, 2.45) is 0 Å². The van der Waals surface area contributed by atoms with Crippen LogP contribution in [0, 0.1) is 0 Å². The summed E-state index contributed by atoms with van der Waals surface area (Å²) in [4.78, 5) is 22.7. The van der Waals surface area contributed by atoms with Crippen molar-refractivity contribution in [2.75, 3.05) is 5.73 Å². The standard InChI is InChI=1S/C12H13BrN2O3/c1-2-3-10(12(17)18)15-11(16)7-4-8(13)6-9(14)5-7/h2,4-6,10H,1,3,14H2,(H,15,16)(H,17,18). The van der Waals surface area contributed by atoms with Crippen LogP contribution in [0.3, 0.4) is 0 Å². The highest BCUT2D eigenvalue weighted by Gasteiger charge is 2.19. The zero-order chi connectivity index (χ0) is 13.7. The molecule has 0 saturated heterocycles. The van der Waals surface area contributed by atoms with Crippen LogP contribution >= 0.6 is 15.9 Å². The van der Waals surface area contributed by atoms with Crippen LogP contribution in [0.25, 0.3) is 0 Å². The van der Waals surface area contributed by atoms with Gasteiger partial charge in [-0.25, -0.2) is 4.79 Å². The Morgan fingerprint density at radius 1 is 1.50 bits per heavy atom. The number of carbonyl (C=O) groups excluding carboxylic acids is 1. The molecule has 0 aliphatic rings. The summed E-state index contributed by atoms with van der Waals surface area (Å²) in [6.45, 7) is 3.45. The minimum Gasteiger partial charge on any atom is -0.480 e. The fourth-order valence-corrected chi connectivity index (χ4v) is 1.88. The average molecular weight is 313 g/mol. The van der Waals surface area contributed by atoms with Gasteiger partial charge in [0.1, 0.15) is 6.04 Å². The lowest BCUT2D eigenvalue weighted by Crippen LogP contribution is -2.40. The third kappa shape index (κ3) is 3.89. The minimum absolute atomic E-state index is 0.157. The summed E-state index contributed by atoms with van der Waals surface area (Å²) in [6.07, 6.45) is 1.60. The Kier molecular flexibility index (Phi) is 4.91. The van der Waals surface area contributed by atoms with Gasteiger partial charge >= 0.3 is 5.97 Å². The average Bonchev–Trinajstić information content (AvgIpc) is 2.26. The first-order valence-electron chi connectivity index (χ1n) is 5.14. The second-order valence-electron chi connectivity index (χ2n) is 3.66. The van der Waals surface area contributed by atoms with E-state index in [1.54, 1.807) is 12.1 Å². The number of aliphatic carboxylic acids is 1. The SMILES string of the molecule is C=CCC(NC(=O)c1cc(N)cc(Br)c1)C(=O)O. The first kappa shape index (κ1) is 14.2. The molecule has 0 aliphatic heterocycles. The van der Waals surface area contributed by atoms with E-state index in [2.05, 4.69) is 27.8 Å². The van der Waals surface area contributed by atoms with E-state index in [1.165, 1.54) is 12.1 Å². The number of hydrogen-bond acceptors (Lipinski definition) is 3. The quantitative estimate of drug-likeness (QED) is 0.571. The highest BCUT2D eigenvalue weighted by atomic mass is 79.9. The number of nitrogens with one attached hydrogen (secondary N) is 1. The molecule has 0 radical (unpaired) electrons. The van der Waals surface area contributed by atoms with E-state index in [9.17, 15) is 9.59 Å². The van der Waals surface area contributed by atoms with Crippen LogP contribution in [-0.2, 0) is 4.79 Å². The number of benzene rings is 1. The number of rotatable bonds is 5. The maximum Gasteiger partial charge on any atom is 0.326 e. The van der Waals surface area contributed by atoms with Gasteiger partial charge in [-0.05, 0) is 24.6 Å². The van der Waals surface area contributed by atoms with Gasteiger partial charge in [0.05, 0.1) is 0 Å². The zero-order valence-electron chi connectivity index (χ0n) is 9.52. The minimum atomic E-state index is -1.11. The fourth-order valence-electron chi connectivity index (χ4n) is 1.37. The van der Waals surface area contributed by atoms with Crippen LogP contribution in [0.5, 0.6) is 0 Å². The molecule has 0 spiro atoms. The maximum atomic E-state index is 11.9. The van der Waals surface area contributed by atoms with Crippen molar-refractivity contribution in [3.05, 3.63) is 40.9 Å². The Balaban J connectivity index is 2.86. The van der Waals surface area contributed by atoms with E-state index in [4.69, 9.17) is 10.8 Å². The maximum absolute atomic E-state index is 11.9. The Labute approximate surface area is 113 Å². The Bertz CT molecular complexity index is 468. The number of nitrogens with two attached hydrogens (primary N) is 1. The Morgan fingerprint density at radius 2 is 2.17 bits per heavy atom. The van der Waals surface area contributed by atoms with Crippen molar-refractivity contribution in [1.82, 2.24) is 5.32 Å². The van der Waals surface area contributed by atoms with E-state index in [1.807, 2.05) is 0 Å². The molecule has 1 aromatic rings. The molecule has 0 fully saturated rings. The van der Waals surface area contributed by atoms with Crippen LogP contribution in [0.4, 0.5) is 5.69 Å². The molecular formula is C12H13BrN2O3. The summed E-state index contributed by atoms with van der Waals surface area (Å²) in [5.74, 6) is -1.59. The number of carboxylic acids is 1. The Hall–Kier alpha value is -1.82. The van der Waals surface area contributed by atoms with Gasteiger partial charge in [-0.1, -0.05) is 22.0 Å². The predicted molar refractivity (Wildman–Crippen MR) is 72.3 cm³/mol. The number of nitrogen functional groups attached to an aromatic ring is 1. The summed E-state index contributed by atoms with van der Waals surface area (Å²) >= 11 is 3.21. The van der Waals surface area contributed by atoms with Crippen LogP contribution in [0.1, 0.15) is 16.8 Å². The summed E-state index contributed by atoms with van der Waals surface area (Å²) in [6, 6.07) is 3.70. The van der Waals surface area contributed by atoms with Gasteiger partial charge in [-0.2, -0.15) is 0 Å². The monoisotopic (exact) mass is 312 g/mol. The molecule has 1 rings (SSSR count). The largest absolute Gasteiger partial charge is 0.480 e. The van der Waals surface area contributed by atoms with Gasteiger partial charge in [0.2, 0.25) is 0 Å². The molecule has 1 unspecified atom stereocenters. The third-order valence-electron chi connectivity index (χ3n) is 2.19. The van der Waals surface area contributed by atoms with Crippen molar-refractivity contribution in [1.29, 1.82) is 0 Å². The number of halogens is 1. The number of hydrogen-bond donors (Lipinski definition) is 3. The van der Waals surface area contributed by atoms with E-state index < -0.39 is 17.9 Å². The van der Waals surface area contributed by atoms with Gasteiger partial charge in [-0.3, -0.25) is 4.79 Å². The van der Waals surface area contributed by atoms with Crippen LogP contribution in [0.2, 0.25) is 0 Å². The highest BCUT2D eigenvalue weighted by Crippen LogP contribution is 2.17. The fraction of sp³-hybridized carbons (Fsp3) is 0.167. The van der Waals surface area contributed by atoms with Gasteiger partial charge in [0, 0.05) is 15.7 Å². The van der Waals surface area contributed by atoms with Crippen molar-refractivity contribution < 1.29 is 14.7 Å². The number of anilines is 1. The molecule has 5 nitrogen and oxygen atoms in total. The van der Waals surface area contributed by atoms with Crippen molar-refractivity contribution in [3.8, 4) is 0 Å². The van der Waals surface area contributed by atoms with Crippen LogP contribution < -0.4 is 11.1 Å². The molecule has 0 bridgehead atoms. The lowest BCUT2D eigenvalue weighted by Gasteiger charge is -2.13. The molecule has 0 heterocycles. The topological polar surface area (TPSA) is 92.4 Å². The van der Waals surface area contributed by atoms with E-state index in [-0.39, 0.29) is 6.42 Å². The lowest BCUT2D eigenvalue weighted by molar-refractivity contribution is -0.139. The van der Waals surface area contributed by atoms with Gasteiger partial charge in [-0.15, -0.1) is 6.58 Å². The van der Waals surface area contributed by atoms with Gasteiger partial charge in [0.25, 0.3) is 5.91 Å². The summed E-state index contributed by atoms with van der Waals surface area (Å²) in [5.41, 5.74) is 6.33. The number of carbonyl (C=O) groups is 2. The third-order valence-corrected chi connectivity index (χ3v) is 2.65. The van der Waals surface area contributed by atoms with E-state index in [0.717, 1.165) is 0 Å². The first-order chi connectivity index (χ1) is 8.43. The molecule has 4 N–H and O–H groups in total. The molecular weight excluding hydrogens is 300 g/mol. The first-order valence-corrected chi connectivity index (χ1v) is 5.94. The summed E-state index contributed by atoms with van der Waals surface area (Å²) in [5, 5.41) is 11.3. The second-order valence-corrected chi connectivity index (χ2v) is 4.58. The van der Waals surface area contributed by atoms with Crippen molar-refractivity contribution >= 4 is 33.5 Å².